The summed E-state index contributed by atoms with van der Waals surface area (Å²) < 4.78 is 4.98. The van der Waals surface area contributed by atoms with Gasteiger partial charge >= 0.3 is 5.97 Å². The summed E-state index contributed by atoms with van der Waals surface area (Å²) in [5.74, 6) is -0.415. The number of hydrogen-bond acceptors (Lipinski definition) is 4. The molecule has 0 bridgehead atoms. The molecule has 0 saturated heterocycles. The maximum Gasteiger partial charge on any atom is 0.340 e. The van der Waals surface area contributed by atoms with Crippen molar-refractivity contribution in [3.05, 3.63) is 58.6 Å². The number of esters is 1. The molecule has 0 spiro atoms. The third-order valence-electron chi connectivity index (χ3n) is 2.93. The minimum atomic E-state index is -0.415. The molecule has 2 aromatic carbocycles. The number of rotatable bonds is 5. The van der Waals surface area contributed by atoms with Gasteiger partial charge in [-0.1, -0.05) is 23.7 Å². The third kappa shape index (κ3) is 4.13. The van der Waals surface area contributed by atoms with Crippen molar-refractivity contribution in [2.24, 2.45) is 0 Å². The summed E-state index contributed by atoms with van der Waals surface area (Å²) in [5, 5.41) is 3.92. The highest BCUT2D eigenvalue weighted by Gasteiger charge is 2.11. The highest BCUT2D eigenvalue weighted by molar-refractivity contribution is 6.30. The minimum absolute atomic E-state index is 0.318. The van der Waals surface area contributed by atoms with E-state index in [9.17, 15) is 4.79 Å². The lowest BCUT2D eigenvalue weighted by atomic mass is 10.1. The predicted octanol–water partition coefficient (Wildman–Crippen LogP) is 3.71. The Morgan fingerprint density at radius 2 is 2.10 bits per heavy atom. The number of nitrogens with one attached hydrogen (secondary N) is 1. The first-order valence-corrected chi connectivity index (χ1v) is 7.03. The maximum atomic E-state index is 11.8. The van der Waals surface area contributed by atoms with Crippen molar-refractivity contribution in [2.45, 2.75) is 13.5 Å². The quantitative estimate of drug-likeness (QED) is 0.653. The van der Waals surface area contributed by atoms with E-state index < -0.39 is 5.97 Å². The number of anilines is 2. The molecule has 0 aliphatic rings. The highest BCUT2D eigenvalue weighted by atomic mass is 35.5. The third-order valence-corrected chi connectivity index (χ3v) is 3.17. The van der Waals surface area contributed by atoms with Crippen molar-refractivity contribution in [2.75, 3.05) is 17.7 Å². The van der Waals surface area contributed by atoms with Gasteiger partial charge in [0.15, 0.2) is 0 Å². The predicted molar refractivity (Wildman–Crippen MR) is 85.6 cm³/mol. The Kier molecular flexibility index (Phi) is 5.06. The molecule has 110 valence electrons. The van der Waals surface area contributed by atoms with E-state index in [1.165, 1.54) is 0 Å². The van der Waals surface area contributed by atoms with Crippen LogP contribution in [0.1, 0.15) is 22.8 Å². The van der Waals surface area contributed by atoms with E-state index in [4.69, 9.17) is 22.1 Å². The van der Waals surface area contributed by atoms with Crippen molar-refractivity contribution in [1.82, 2.24) is 0 Å². The molecule has 21 heavy (non-hydrogen) atoms. The van der Waals surface area contributed by atoms with Crippen molar-refractivity contribution in [3.8, 4) is 0 Å². The summed E-state index contributed by atoms with van der Waals surface area (Å²) in [6, 6.07) is 12.8. The molecule has 2 rings (SSSR count). The van der Waals surface area contributed by atoms with Gasteiger partial charge in [-0.3, -0.25) is 0 Å². The first kappa shape index (κ1) is 15.2. The molecule has 0 atom stereocenters. The topological polar surface area (TPSA) is 64.3 Å². The number of carbonyl (C=O) groups excluding carboxylic acids is 1. The van der Waals surface area contributed by atoms with E-state index in [1.54, 1.807) is 19.1 Å². The van der Waals surface area contributed by atoms with Crippen LogP contribution in [0.15, 0.2) is 42.5 Å². The Morgan fingerprint density at radius 3 is 2.81 bits per heavy atom. The van der Waals surface area contributed by atoms with Gasteiger partial charge in [-0.15, -0.1) is 0 Å². The van der Waals surface area contributed by atoms with Gasteiger partial charge in [-0.25, -0.2) is 4.79 Å². The molecule has 0 unspecified atom stereocenters. The van der Waals surface area contributed by atoms with Crippen molar-refractivity contribution in [1.29, 1.82) is 0 Å². The fraction of sp³-hybridized carbons (Fsp3) is 0.188. The van der Waals surface area contributed by atoms with Crippen LogP contribution in [0.2, 0.25) is 5.02 Å². The molecule has 0 saturated carbocycles. The molecule has 0 amide bonds. The number of carbonyl (C=O) groups is 1. The van der Waals surface area contributed by atoms with Crippen LogP contribution in [0.3, 0.4) is 0 Å². The molecule has 3 N–H and O–H groups in total. The van der Waals surface area contributed by atoms with Gasteiger partial charge in [-0.2, -0.15) is 0 Å². The Morgan fingerprint density at radius 1 is 1.29 bits per heavy atom. The van der Waals surface area contributed by atoms with Crippen LogP contribution in [0.5, 0.6) is 0 Å². The maximum absolute atomic E-state index is 11.8. The smallest absolute Gasteiger partial charge is 0.340 e. The number of hydrogen-bond donors (Lipinski definition) is 2. The summed E-state index contributed by atoms with van der Waals surface area (Å²) in [5.41, 5.74) is 8.43. The fourth-order valence-corrected chi connectivity index (χ4v) is 2.12. The van der Waals surface area contributed by atoms with Crippen LogP contribution in [-0.4, -0.2) is 12.6 Å². The average Bonchev–Trinajstić information content (AvgIpc) is 2.46. The number of ether oxygens (including phenoxy) is 1. The summed E-state index contributed by atoms with van der Waals surface area (Å²) in [6.07, 6.45) is 0. The van der Waals surface area contributed by atoms with Gasteiger partial charge in [0.05, 0.1) is 12.2 Å². The van der Waals surface area contributed by atoms with Crippen LogP contribution in [0.4, 0.5) is 11.4 Å². The second-order valence-electron chi connectivity index (χ2n) is 4.51. The van der Waals surface area contributed by atoms with Gasteiger partial charge in [0.25, 0.3) is 0 Å². The Labute approximate surface area is 128 Å². The molecular formula is C16H17ClN2O2. The van der Waals surface area contributed by atoms with Crippen molar-refractivity contribution < 1.29 is 9.53 Å². The lowest BCUT2D eigenvalue weighted by Crippen LogP contribution is -2.09. The lowest BCUT2D eigenvalue weighted by Gasteiger charge is -2.10. The van der Waals surface area contributed by atoms with Crippen molar-refractivity contribution in [3.63, 3.8) is 0 Å². The normalized spacial score (nSPS) is 10.2. The van der Waals surface area contributed by atoms with E-state index >= 15 is 0 Å². The number of benzene rings is 2. The fourth-order valence-electron chi connectivity index (χ4n) is 1.90. The zero-order valence-corrected chi connectivity index (χ0v) is 12.5. The molecule has 4 nitrogen and oxygen atoms in total. The number of nitrogen functional groups attached to an aromatic ring is 1. The zero-order valence-electron chi connectivity index (χ0n) is 11.7. The van der Waals surface area contributed by atoms with Crippen LogP contribution in [-0.2, 0) is 11.3 Å². The van der Waals surface area contributed by atoms with Gasteiger partial charge in [-0.05, 0) is 42.8 Å². The molecule has 2 aromatic rings. The Bertz CT molecular complexity index is 644. The Hall–Kier alpha value is -2.20. The first-order chi connectivity index (χ1) is 10.1. The van der Waals surface area contributed by atoms with Gasteiger partial charge in [0, 0.05) is 22.9 Å². The Balaban J connectivity index is 2.10. The molecule has 5 heteroatoms. The molecule has 0 aliphatic carbocycles. The largest absolute Gasteiger partial charge is 0.462 e. The summed E-state index contributed by atoms with van der Waals surface area (Å²) in [4.78, 5) is 11.8. The zero-order chi connectivity index (χ0) is 15.2. The van der Waals surface area contributed by atoms with Crippen LogP contribution in [0, 0.1) is 0 Å². The summed E-state index contributed by atoms with van der Waals surface area (Å²) >= 11 is 5.94. The van der Waals surface area contributed by atoms with Crippen LogP contribution in [0.25, 0.3) is 0 Å². The summed E-state index contributed by atoms with van der Waals surface area (Å²) in [6.45, 7) is 2.68. The molecule has 0 aliphatic heterocycles. The molecule has 0 aromatic heterocycles. The van der Waals surface area contributed by atoms with Gasteiger partial charge in [0.1, 0.15) is 0 Å². The molecule has 0 radical (unpaired) electrons. The van der Waals surface area contributed by atoms with E-state index in [2.05, 4.69) is 5.32 Å². The van der Waals surface area contributed by atoms with E-state index in [-0.39, 0.29) is 0 Å². The first-order valence-electron chi connectivity index (χ1n) is 6.65. The molecule has 0 fully saturated rings. The van der Waals surface area contributed by atoms with E-state index in [1.807, 2.05) is 30.3 Å². The standard InChI is InChI=1S/C16H17ClN2O2/c1-2-21-16(20)14-9-13(6-7-15(14)18)19-10-11-4-3-5-12(17)8-11/h3-9,19H,2,10,18H2,1H3. The SMILES string of the molecule is CCOC(=O)c1cc(NCc2cccc(Cl)c2)ccc1N. The molecular weight excluding hydrogens is 288 g/mol. The second kappa shape index (κ2) is 6.99. The molecule has 0 heterocycles. The van der Waals surface area contributed by atoms with E-state index in [0.717, 1.165) is 11.3 Å². The number of nitrogens with two attached hydrogens (primary N) is 1. The van der Waals surface area contributed by atoms with Crippen molar-refractivity contribution >= 4 is 28.9 Å². The monoisotopic (exact) mass is 304 g/mol. The van der Waals surface area contributed by atoms with Gasteiger partial charge < -0.3 is 15.8 Å². The average molecular weight is 305 g/mol. The second-order valence-corrected chi connectivity index (χ2v) is 4.94. The van der Waals surface area contributed by atoms with E-state index in [0.29, 0.717) is 29.4 Å². The number of halogens is 1. The summed E-state index contributed by atoms with van der Waals surface area (Å²) in [7, 11) is 0. The van der Waals surface area contributed by atoms with Crippen LogP contribution < -0.4 is 11.1 Å². The van der Waals surface area contributed by atoms with Gasteiger partial charge in [0.2, 0.25) is 0 Å². The van der Waals surface area contributed by atoms with Crippen LogP contribution >= 0.6 is 11.6 Å². The lowest BCUT2D eigenvalue weighted by molar-refractivity contribution is 0.0527. The highest BCUT2D eigenvalue weighted by Crippen LogP contribution is 2.20. The minimum Gasteiger partial charge on any atom is -0.462 e.